The van der Waals surface area contributed by atoms with Crippen LogP contribution in [0.15, 0.2) is 24.3 Å². The van der Waals surface area contributed by atoms with Crippen LogP contribution in [-0.4, -0.2) is 37.1 Å². The summed E-state index contributed by atoms with van der Waals surface area (Å²) >= 11 is 0. The Bertz CT molecular complexity index is 692. The van der Waals surface area contributed by atoms with Crippen LogP contribution in [0.3, 0.4) is 0 Å². The summed E-state index contributed by atoms with van der Waals surface area (Å²) in [6.07, 6.45) is 0.717. The molecule has 1 saturated heterocycles. The van der Waals surface area contributed by atoms with Crippen LogP contribution < -0.4 is 4.90 Å². The van der Waals surface area contributed by atoms with Gasteiger partial charge in [-0.05, 0) is 78.5 Å². The number of hydrogen-bond acceptors (Lipinski definition) is 4. The average Bonchev–Trinajstić information content (AvgIpc) is 3.28. The first-order valence-corrected chi connectivity index (χ1v) is 9.73. The topological polar surface area (TPSA) is 48.0 Å². The third-order valence-corrected chi connectivity index (χ3v) is 5.84. The van der Waals surface area contributed by atoms with Gasteiger partial charge in [-0.15, -0.1) is 0 Å². The van der Waals surface area contributed by atoms with Gasteiger partial charge in [-0.3, -0.25) is 4.90 Å². The standard InChI is InChI=1S/C21H32BNO4/c1-19(2,3)25-18(24)23(8)15-11-9-14(10-12-15)16-13-17(16)22-26-20(4,5)21(6,7)27-22/h9-12,16-17H,13H2,1-8H3/t16-,17+/m0/s1. The molecule has 1 heterocycles. The lowest BCUT2D eigenvalue weighted by Crippen LogP contribution is -2.41. The predicted octanol–water partition coefficient (Wildman–Crippen LogP) is 5.01. The Morgan fingerprint density at radius 3 is 2.11 bits per heavy atom. The van der Waals surface area contributed by atoms with Gasteiger partial charge in [0, 0.05) is 18.6 Å². The van der Waals surface area contributed by atoms with Gasteiger partial charge in [0.25, 0.3) is 0 Å². The lowest BCUT2D eigenvalue weighted by molar-refractivity contribution is 0.00578. The Kier molecular flexibility index (Phi) is 4.88. The van der Waals surface area contributed by atoms with E-state index in [1.54, 1.807) is 7.05 Å². The van der Waals surface area contributed by atoms with Crippen molar-refractivity contribution < 1.29 is 18.8 Å². The number of rotatable bonds is 3. The summed E-state index contributed by atoms with van der Waals surface area (Å²) in [6, 6.07) is 8.12. The number of amides is 1. The van der Waals surface area contributed by atoms with Crippen molar-refractivity contribution >= 4 is 18.9 Å². The van der Waals surface area contributed by atoms with Gasteiger partial charge in [-0.25, -0.2) is 4.79 Å². The van der Waals surface area contributed by atoms with Gasteiger partial charge in [-0.2, -0.15) is 0 Å². The maximum absolute atomic E-state index is 12.2. The number of carbonyl (C=O) groups excluding carboxylic acids is 1. The molecule has 1 amide bonds. The van der Waals surface area contributed by atoms with E-state index in [4.69, 9.17) is 14.0 Å². The summed E-state index contributed by atoms with van der Waals surface area (Å²) in [6.45, 7) is 14.0. The highest BCUT2D eigenvalue weighted by Gasteiger charge is 2.59. The molecule has 0 aromatic heterocycles. The smallest absolute Gasteiger partial charge is 0.443 e. The number of hydrogen-bond donors (Lipinski definition) is 0. The molecule has 0 unspecified atom stereocenters. The van der Waals surface area contributed by atoms with Gasteiger partial charge in [0.1, 0.15) is 5.60 Å². The molecule has 1 aliphatic heterocycles. The normalized spacial score (nSPS) is 26.0. The van der Waals surface area contributed by atoms with Crippen LogP contribution in [0.4, 0.5) is 10.5 Å². The average molecular weight is 373 g/mol. The predicted molar refractivity (Wildman–Crippen MR) is 108 cm³/mol. The number of benzene rings is 1. The van der Waals surface area contributed by atoms with Crippen LogP contribution in [0.1, 0.15) is 66.4 Å². The summed E-state index contributed by atoms with van der Waals surface area (Å²) in [5.74, 6) is 0.834. The molecule has 2 aliphatic rings. The van der Waals surface area contributed by atoms with Crippen molar-refractivity contribution in [2.45, 2.75) is 83.4 Å². The lowest BCUT2D eigenvalue weighted by Gasteiger charge is -2.32. The van der Waals surface area contributed by atoms with Crippen molar-refractivity contribution in [3.05, 3.63) is 29.8 Å². The van der Waals surface area contributed by atoms with Crippen LogP contribution in [0.2, 0.25) is 5.82 Å². The van der Waals surface area contributed by atoms with Crippen LogP contribution in [0, 0.1) is 0 Å². The highest BCUT2D eigenvalue weighted by atomic mass is 16.7. The van der Waals surface area contributed by atoms with Crippen LogP contribution in [-0.2, 0) is 14.0 Å². The molecule has 3 rings (SSSR count). The molecule has 0 N–H and O–H groups in total. The Morgan fingerprint density at radius 1 is 1.11 bits per heavy atom. The fraction of sp³-hybridized carbons (Fsp3) is 0.667. The fourth-order valence-electron chi connectivity index (χ4n) is 3.34. The van der Waals surface area contributed by atoms with Crippen molar-refractivity contribution in [3.63, 3.8) is 0 Å². The maximum Gasteiger partial charge on any atom is 0.461 e. The van der Waals surface area contributed by atoms with Crippen molar-refractivity contribution in [2.75, 3.05) is 11.9 Å². The zero-order chi connectivity index (χ0) is 20.2. The Balaban J connectivity index is 1.62. The van der Waals surface area contributed by atoms with Crippen LogP contribution >= 0.6 is 0 Å². The van der Waals surface area contributed by atoms with Crippen LogP contribution in [0.5, 0.6) is 0 Å². The van der Waals surface area contributed by atoms with Gasteiger partial charge in [0.2, 0.25) is 0 Å². The van der Waals surface area contributed by atoms with Gasteiger partial charge < -0.3 is 14.0 Å². The molecule has 2 atom stereocenters. The molecule has 0 spiro atoms. The fourth-order valence-corrected chi connectivity index (χ4v) is 3.34. The number of nitrogens with zero attached hydrogens (tertiary/aromatic N) is 1. The second-order valence-corrected chi connectivity index (χ2v) is 9.76. The molecule has 1 aromatic rings. The number of anilines is 1. The number of carbonyl (C=O) groups is 1. The molecule has 2 fully saturated rings. The molecule has 1 aliphatic carbocycles. The molecule has 0 bridgehead atoms. The summed E-state index contributed by atoms with van der Waals surface area (Å²) in [5.41, 5.74) is 1.00. The van der Waals surface area contributed by atoms with E-state index in [1.807, 2.05) is 32.9 Å². The minimum absolute atomic E-state index is 0.149. The van der Waals surface area contributed by atoms with E-state index >= 15 is 0 Å². The van der Waals surface area contributed by atoms with E-state index in [0.29, 0.717) is 11.7 Å². The van der Waals surface area contributed by atoms with Crippen LogP contribution in [0.25, 0.3) is 0 Å². The summed E-state index contributed by atoms with van der Waals surface area (Å²) < 4.78 is 17.8. The zero-order valence-electron chi connectivity index (χ0n) is 17.8. The largest absolute Gasteiger partial charge is 0.461 e. The first-order chi connectivity index (χ1) is 12.3. The molecule has 148 valence electrons. The van der Waals surface area contributed by atoms with Crippen molar-refractivity contribution in [2.24, 2.45) is 0 Å². The molecule has 5 nitrogen and oxygen atoms in total. The third-order valence-electron chi connectivity index (χ3n) is 5.84. The van der Waals surface area contributed by atoms with Gasteiger partial charge in [-0.1, -0.05) is 12.1 Å². The minimum atomic E-state index is -0.505. The highest BCUT2D eigenvalue weighted by Crippen LogP contribution is 2.58. The van der Waals surface area contributed by atoms with E-state index in [1.165, 1.54) is 10.5 Å². The SMILES string of the molecule is CN(C(=O)OC(C)(C)C)c1ccc([C@@H]2C[C@H]2B2OC(C)(C)C(C)(C)O2)cc1. The van der Waals surface area contributed by atoms with Gasteiger partial charge in [0.15, 0.2) is 0 Å². The second-order valence-electron chi connectivity index (χ2n) is 9.76. The third kappa shape index (κ3) is 4.17. The first kappa shape index (κ1) is 20.2. The quantitative estimate of drug-likeness (QED) is 0.699. The molecule has 1 aromatic carbocycles. The summed E-state index contributed by atoms with van der Waals surface area (Å²) in [4.78, 5) is 13.7. The maximum atomic E-state index is 12.2. The van der Waals surface area contributed by atoms with Crippen molar-refractivity contribution in [3.8, 4) is 0 Å². The highest BCUT2D eigenvalue weighted by molar-refractivity contribution is 6.49. The lowest BCUT2D eigenvalue weighted by atomic mass is 9.79. The monoisotopic (exact) mass is 373 g/mol. The first-order valence-electron chi connectivity index (χ1n) is 9.73. The molecule has 0 radical (unpaired) electrons. The minimum Gasteiger partial charge on any atom is -0.443 e. The van der Waals surface area contributed by atoms with E-state index in [2.05, 4.69) is 39.8 Å². The molecular formula is C21H32BNO4. The van der Waals surface area contributed by atoms with E-state index in [0.717, 1.165) is 12.1 Å². The van der Waals surface area contributed by atoms with Gasteiger partial charge >= 0.3 is 13.2 Å². The molecule has 6 heteroatoms. The Labute approximate surface area is 163 Å². The van der Waals surface area contributed by atoms with Gasteiger partial charge in [0.05, 0.1) is 11.2 Å². The Hall–Kier alpha value is -1.53. The van der Waals surface area contributed by atoms with Crippen molar-refractivity contribution in [1.29, 1.82) is 0 Å². The van der Waals surface area contributed by atoms with E-state index in [9.17, 15) is 4.79 Å². The zero-order valence-corrected chi connectivity index (χ0v) is 17.8. The van der Waals surface area contributed by atoms with E-state index < -0.39 is 5.60 Å². The molecule has 27 heavy (non-hydrogen) atoms. The van der Waals surface area contributed by atoms with Crippen molar-refractivity contribution in [1.82, 2.24) is 0 Å². The Morgan fingerprint density at radius 2 is 1.63 bits per heavy atom. The summed E-state index contributed by atoms with van der Waals surface area (Å²) in [7, 11) is 1.58. The number of ether oxygens (including phenoxy) is 1. The summed E-state index contributed by atoms with van der Waals surface area (Å²) in [5, 5.41) is 0. The molecule has 1 saturated carbocycles. The molecular weight excluding hydrogens is 341 g/mol. The second kappa shape index (κ2) is 6.52. The van der Waals surface area contributed by atoms with E-state index in [-0.39, 0.29) is 24.4 Å².